The Balaban J connectivity index is 2.86. The number of pyridine rings is 1. The van der Waals surface area contributed by atoms with Gasteiger partial charge in [-0.25, -0.2) is 13.4 Å². The maximum absolute atomic E-state index is 11.5. The van der Waals surface area contributed by atoms with Crippen LogP contribution < -0.4 is 4.72 Å². The van der Waals surface area contributed by atoms with Crippen LogP contribution in [0.5, 0.6) is 0 Å². The van der Waals surface area contributed by atoms with Crippen molar-refractivity contribution in [1.82, 2.24) is 4.98 Å². The Morgan fingerprint density at radius 2 is 2.29 bits per heavy atom. The molecule has 0 saturated heterocycles. The summed E-state index contributed by atoms with van der Waals surface area (Å²) in [5, 5.41) is 8.55. The average Bonchev–Trinajstić information content (AvgIpc) is 2.26. The summed E-state index contributed by atoms with van der Waals surface area (Å²) >= 11 is 0. The van der Waals surface area contributed by atoms with Gasteiger partial charge in [0.05, 0.1) is 5.75 Å². The molecule has 1 aromatic rings. The topological polar surface area (TPSA) is 79.3 Å². The van der Waals surface area contributed by atoms with Crippen LogP contribution >= 0.6 is 0 Å². The van der Waals surface area contributed by atoms with Crippen molar-refractivity contribution in [2.75, 3.05) is 17.1 Å². The van der Waals surface area contributed by atoms with E-state index in [4.69, 9.17) is 5.11 Å². The summed E-state index contributed by atoms with van der Waals surface area (Å²) < 4.78 is 25.4. The second kappa shape index (κ2) is 6.23. The summed E-state index contributed by atoms with van der Waals surface area (Å²) in [6, 6.07) is 3.16. The first kappa shape index (κ1) is 13.5. The molecule has 1 aromatic heterocycles. The van der Waals surface area contributed by atoms with Crippen molar-refractivity contribution in [3.63, 3.8) is 0 Å². The second-order valence-corrected chi connectivity index (χ2v) is 5.15. The predicted molar refractivity (Wildman–Crippen MR) is 65.9 cm³/mol. The Hall–Kier alpha value is -1.58. The first-order valence-corrected chi connectivity index (χ1v) is 6.79. The van der Waals surface area contributed by atoms with Gasteiger partial charge in [-0.15, -0.1) is 0 Å². The lowest BCUT2D eigenvalue weighted by Crippen LogP contribution is -2.16. The van der Waals surface area contributed by atoms with Gasteiger partial charge in [0.1, 0.15) is 12.4 Å². The molecular weight excluding hydrogens is 240 g/mol. The number of hydrogen-bond acceptors (Lipinski definition) is 4. The van der Waals surface area contributed by atoms with E-state index in [0.29, 0.717) is 12.0 Å². The Morgan fingerprint density at radius 3 is 2.94 bits per heavy atom. The molecule has 0 radical (unpaired) electrons. The number of aromatic nitrogens is 1. The number of sulfonamides is 1. The molecule has 17 heavy (non-hydrogen) atoms. The molecule has 0 unspecified atom stereocenters. The van der Waals surface area contributed by atoms with Crippen LogP contribution in [0, 0.1) is 11.8 Å². The summed E-state index contributed by atoms with van der Waals surface area (Å²) in [7, 11) is -3.33. The monoisotopic (exact) mass is 254 g/mol. The lowest BCUT2D eigenvalue weighted by molar-refractivity contribution is 0.350. The zero-order valence-corrected chi connectivity index (χ0v) is 10.3. The maximum atomic E-state index is 11.5. The van der Waals surface area contributed by atoms with E-state index in [-0.39, 0.29) is 18.2 Å². The molecule has 0 saturated carbocycles. The van der Waals surface area contributed by atoms with Crippen LogP contribution in [0.1, 0.15) is 18.9 Å². The van der Waals surface area contributed by atoms with Crippen LogP contribution in [0.15, 0.2) is 18.3 Å². The highest BCUT2D eigenvalue weighted by atomic mass is 32.2. The predicted octanol–water partition coefficient (Wildman–Crippen LogP) is 0.577. The van der Waals surface area contributed by atoms with E-state index < -0.39 is 10.0 Å². The van der Waals surface area contributed by atoms with Crippen LogP contribution in [-0.2, 0) is 10.0 Å². The molecule has 6 heteroatoms. The van der Waals surface area contributed by atoms with Gasteiger partial charge >= 0.3 is 0 Å². The normalized spacial score (nSPS) is 10.5. The summed E-state index contributed by atoms with van der Waals surface area (Å²) in [5.41, 5.74) is 0.600. The molecule has 0 fully saturated rings. The van der Waals surface area contributed by atoms with E-state index in [1.807, 2.05) is 0 Å². The van der Waals surface area contributed by atoms with E-state index in [0.717, 1.165) is 0 Å². The third kappa shape index (κ3) is 4.85. The van der Waals surface area contributed by atoms with E-state index in [1.165, 1.54) is 12.3 Å². The zero-order valence-electron chi connectivity index (χ0n) is 9.47. The number of nitrogens with one attached hydrogen (secondary N) is 1. The van der Waals surface area contributed by atoms with Gasteiger partial charge in [-0.2, -0.15) is 0 Å². The minimum atomic E-state index is -3.33. The molecule has 0 aliphatic heterocycles. The Labute approximate surface area is 101 Å². The number of rotatable bonds is 4. The van der Waals surface area contributed by atoms with Crippen molar-refractivity contribution in [2.24, 2.45) is 0 Å². The van der Waals surface area contributed by atoms with Crippen LogP contribution in [-0.4, -0.2) is 30.9 Å². The van der Waals surface area contributed by atoms with Gasteiger partial charge in [0.15, 0.2) is 0 Å². The molecule has 0 aromatic carbocycles. The third-order valence-electron chi connectivity index (χ3n) is 1.80. The molecule has 0 aliphatic carbocycles. The van der Waals surface area contributed by atoms with E-state index in [2.05, 4.69) is 21.5 Å². The summed E-state index contributed by atoms with van der Waals surface area (Å²) in [6.45, 7) is 1.55. The maximum Gasteiger partial charge on any atom is 0.233 e. The molecule has 92 valence electrons. The van der Waals surface area contributed by atoms with E-state index >= 15 is 0 Å². The number of anilines is 1. The van der Waals surface area contributed by atoms with E-state index in [1.54, 1.807) is 13.0 Å². The van der Waals surface area contributed by atoms with Crippen molar-refractivity contribution < 1.29 is 13.5 Å². The van der Waals surface area contributed by atoms with Gasteiger partial charge in [-0.1, -0.05) is 18.8 Å². The average molecular weight is 254 g/mol. The van der Waals surface area contributed by atoms with Crippen LogP contribution in [0.25, 0.3) is 0 Å². The molecule has 0 atom stereocenters. The summed E-state index contributed by atoms with van der Waals surface area (Å²) in [4.78, 5) is 3.89. The smallest absolute Gasteiger partial charge is 0.233 e. The SMILES string of the molecule is CCCS(=O)(=O)Nc1cc(C#CCO)ccn1. The second-order valence-electron chi connectivity index (χ2n) is 3.31. The zero-order chi connectivity index (χ0) is 12.7. The molecule has 0 amide bonds. The molecular formula is C11H14N2O3S. The highest BCUT2D eigenvalue weighted by molar-refractivity contribution is 7.92. The number of hydrogen-bond donors (Lipinski definition) is 2. The van der Waals surface area contributed by atoms with Crippen molar-refractivity contribution >= 4 is 15.8 Å². The van der Waals surface area contributed by atoms with Crippen molar-refractivity contribution in [3.05, 3.63) is 23.9 Å². The van der Waals surface area contributed by atoms with Crippen LogP contribution in [0.2, 0.25) is 0 Å². The molecule has 1 rings (SSSR count). The van der Waals surface area contributed by atoms with Crippen LogP contribution in [0.4, 0.5) is 5.82 Å². The lowest BCUT2D eigenvalue weighted by atomic mass is 10.2. The fourth-order valence-electron chi connectivity index (χ4n) is 1.18. The van der Waals surface area contributed by atoms with Crippen molar-refractivity contribution in [2.45, 2.75) is 13.3 Å². The number of aliphatic hydroxyl groups is 1. The minimum absolute atomic E-state index is 0.0568. The fourth-order valence-corrected chi connectivity index (χ4v) is 2.25. The van der Waals surface area contributed by atoms with Gasteiger partial charge in [0.25, 0.3) is 0 Å². The molecule has 1 heterocycles. The van der Waals surface area contributed by atoms with Gasteiger partial charge in [-0.05, 0) is 18.6 Å². The summed E-state index contributed by atoms with van der Waals surface area (Å²) in [6.07, 6.45) is 2.00. The summed E-state index contributed by atoms with van der Waals surface area (Å²) in [5.74, 6) is 5.45. The van der Waals surface area contributed by atoms with Gasteiger partial charge in [-0.3, -0.25) is 4.72 Å². The molecule has 2 N–H and O–H groups in total. The Bertz CT molecular complexity index is 529. The van der Waals surface area contributed by atoms with Crippen molar-refractivity contribution in [1.29, 1.82) is 0 Å². The van der Waals surface area contributed by atoms with Gasteiger partial charge in [0, 0.05) is 11.8 Å². The first-order valence-electron chi connectivity index (χ1n) is 5.13. The van der Waals surface area contributed by atoms with E-state index in [9.17, 15) is 8.42 Å². The number of aliphatic hydroxyl groups excluding tert-OH is 1. The quantitative estimate of drug-likeness (QED) is 0.770. The Kier molecular flexibility index (Phi) is 4.94. The number of nitrogens with zero attached hydrogens (tertiary/aromatic N) is 1. The molecule has 0 spiro atoms. The van der Waals surface area contributed by atoms with Crippen LogP contribution in [0.3, 0.4) is 0 Å². The van der Waals surface area contributed by atoms with Crippen molar-refractivity contribution in [3.8, 4) is 11.8 Å². The highest BCUT2D eigenvalue weighted by Gasteiger charge is 2.09. The fraction of sp³-hybridized carbons (Fsp3) is 0.364. The Morgan fingerprint density at radius 1 is 1.53 bits per heavy atom. The first-order chi connectivity index (χ1) is 8.07. The molecule has 5 nitrogen and oxygen atoms in total. The van der Waals surface area contributed by atoms with Gasteiger partial charge < -0.3 is 5.11 Å². The third-order valence-corrected chi connectivity index (χ3v) is 3.27. The molecule has 0 aliphatic rings. The van der Waals surface area contributed by atoms with Gasteiger partial charge in [0.2, 0.25) is 10.0 Å². The highest BCUT2D eigenvalue weighted by Crippen LogP contribution is 2.08. The lowest BCUT2D eigenvalue weighted by Gasteiger charge is -2.05. The standard InChI is InChI=1S/C11H14N2O3S/c1-2-8-17(15,16)13-11-9-10(4-3-7-14)5-6-12-11/h5-6,9,14H,2,7-8H2,1H3,(H,12,13). The largest absolute Gasteiger partial charge is 0.384 e. The molecule has 0 bridgehead atoms. The minimum Gasteiger partial charge on any atom is -0.384 e.